The molecule has 0 saturated heterocycles. The molecule has 2 aromatic rings. The average molecular weight is 326 g/mol. The fraction of sp³-hybridized carbons (Fsp3) is 0.263. The maximum atomic E-state index is 5.97. The van der Waals surface area contributed by atoms with Crippen molar-refractivity contribution in [1.82, 2.24) is 4.41 Å². The minimum absolute atomic E-state index is 0.0900. The van der Waals surface area contributed by atoms with Crippen molar-refractivity contribution in [3.63, 3.8) is 0 Å². The van der Waals surface area contributed by atoms with Crippen LogP contribution in [-0.4, -0.2) is 28.0 Å². The third kappa shape index (κ3) is 3.71. The molecule has 3 rings (SSSR count). The smallest absolute Gasteiger partial charge is 0.107 e. The van der Waals surface area contributed by atoms with Crippen LogP contribution in [-0.2, 0) is 11.3 Å². The lowest BCUT2D eigenvalue weighted by Crippen LogP contribution is -2.12. The Labute approximate surface area is 140 Å². The zero-order valence-corrected chi connectivity index (χ0v) is 14.4. The van der Waals surface area contributed by atoms with Gasteiger partial charge in [0.25, 0.3) is 0 Å². The van der Waals surface area contributed by atoms with Crippen LogP contribution in [0.15, 0.2) is 65.8 Å². The second-order valence-corrected chi connectivity index (χ2v) is 7.36. The van der Waals surface area contributed by atoms with Crippen LogP contribution < -0.4 is 0 Å². The zero-order chi connectivity index (χ0) is 16.1. The minimum atomic E-state index is -0.0900. The first-order valence-electron chi connectivity index (χ1n) is 7.86. The normalized spacial score (nSPS) is 17.5. The predicted molar refractivity (Wildman–Crippen MR) is 99.7 cm³/mol. The first-order chi connectivity index (χ1) is 11.3. The highest BCUT2D eigenvalue weighted by atomic mass is 32.2. The maximum absolute atomic E-state index is 5.97. The summed E-state index contributed by atoms with van der Waals surface area (Å²) >= 11 is 0. The first-order valence-corrected chi connectivity index (χ1v) is 9.21. The molecule has 4 heteroatoms. The van der Waals surface area contributed by atoms with Gasteiger partial charge in [-0.1, -0.05) is 67.6 Å². The van der Waals surface area contributed by atoms with Gasteiger partial charge in [-0.15, -0.1) is 0 Å². The van der Waals surface area contributed by atoms with Crippen molar-refractivity contribution in [2.75, 3.05) is 13.0 Å². The summed E-state index contributed by atoms with van der Waals surface area (Å²) < 4.78 is 8.03. The third-order valence-electron chi connectivity index (χ3n) is 3.78. The molecule has 0 aromatic heterocycles. The lowest BCUT2D eigenvalue weighted by atomic mass is 10.1. The summed E-state index contributed by atoms with van der Waals surface area (Å²) in [6, 6.07) is 20.7. The van der Waals surface area contributed by atoms with E-state index in [9.17, 15) is 0 Å². The van der Waals surface area contributed by atoms with Gasteiger partial charge in [-0.3, -0.25) is 0 Å². The summed E-state index contributed by atoms with van der Waals surface area (Å²) in [4.78, 5) is 1.38. The van der Waals surface area contributed by atoms with Crippen LogP contribution in [0.1, 0.15) is 24.5 Å². The standard InChI is InChI=1S/C19H22N2OS/c1-3-18-19(17-12-8-5-9-13-17)20-21(2)23(18)15-22-14-16-10-6-4-7-11-16/h4-13H,3,14-15H2,1-2H3. The van der Waals surface area contributed by atoms with Crippen molar-refractivity contribution in [3.05, 3.63) is 71.8 Å². The third-order valence-corrected chi connectivity index (χ3v) is 5.94. The van der Waals surface area contributed by atoms with Gasteiger partial charge in [-0.25, -0.2) is 4.41 Å². The van der Waals surface area contributed by atoms with E-state index < -0.39 is 0 Å². The molecule has 0 bridgehead atoms. The molecular formula is C19H22N2OS. The molecule has 1 aliphatic rings. The minimum Gasteiger partial charge on any atom is -0.365 e. The Morgan fingerprint density at radius 1 is 1.00 bits per heavy atom. The number of hydrogen-bond acceptors (Lipinski definition) is 3. The highest BCUT2D eigenvalue weighted by molar-refractivity contribution is 8.15. The Hall–Kier alpha value is -1.91. The second kappa shape index (κ2) is 7.57. The van der Waals surface area contributed by atoms with E-state index in [1.165, 1.54) is 16.0 Å². The summed E-state index contributed by atoms with van der Waals surface area (Å²) in [5.41, 5.74) is 3.51. The van der Waals surface area contributed by atoms with Crippen molar-refractivity contribution >= 4 is 21.2 Å². The van der Waals surface area contributed by atoms with E-state index in [0.29, 0.717) is 12.5 Å². The van der Waals surface area contributed by atoms with Gasteiger partial charge in [0.15, 0.2) is 0 Å². The molecule has 0 N–H and O–H groups in total. The molecular weight excluding hydrogens is 304 g/mol. The number of ether oxygens (including phenoxy) is 1. The number of hydrogen-bond donors (Lipinski definition) is 0. The second-order valence-electron chi connectivity index (χ2n) is 5.37. The molecule has 120 valence electrons. The Morgan fingerprint density at radius 3 is 2.30 bits per heavy atom. The summed E-state index contributed by atoms with van der Waals surface area (Å²) in [5, 5.41) is 4.76. The Kier molecular flexibility index (Phi) is 5.26. The van der Waals surface area contributed by atoms with E-state index >= 15 is 0 Å². The topological polar surface area (TPSA) is 24.8 Å². The molecule has 1 aliphatic heterocycles. The van der Waals surface area contributed by atoms with Crippen LogP contribution >= 0.6 is 10.7 Å². The molecule has 0 aliphatic carbocycles. The summed E-state index contributed by atoms with van der Waals surface area (Å²) in [7, 11) is 1.95. The van der Waals surface area contributed by atoms with Crippen LogP contribution in [0.3, 0.4) is 0 Å². The van der Waals surface area contributed by atoms with Crippen molar-refractivity contribution < 1.29 is 4.74 Å². The van der Waals surface area contributed by atoms with Crippen molar-refractivity contribution in [2.24, 2.45) is 5.10 Å². The lowest BCUT2D eigenvalue weighted by molar-refractivity contribution is 0.167. The van der Waals surface area contributed by atoms with E-state index in [-0.39, 0.29) is 10.7 Å². The summed E-state index contributed by atoms with van der Waals surface area (Å²) in [6.07, 6.45) is 0.996. The largest absolute Gasteiger partial charge is 0.365 e. The van der Waals surface area contributed by atoms with Gasteiger partial charge in [-0.05, 0) is 22.7 Å². The molecule has 0 amide bonds. The van der Waals surface area contributed by atoms with Crippen molar-refractivity contribution in [1.29, 1.82) is 0 Å². The molecule has 0 spiro atoms. The highest BCUT2D eigenvalue weighted by Crippen LogP contribution is 2.30. The van der Waals surface area contributed by atoms with Crippen molar-refractivity contribution in [2.45, 2.75) is 20.0 Å². The fourth-order valence-electron chi connectivity index (χ4n) is 2.63. The molecule has 23 heavy (non-hydrogen) atoms. The van der Waals surface area contributed by atoms with Crippen LogP contribution in [0.25, 0.3) is 0 Å². The average Bonchev–Trinajstić information content (AvgIpc) is 2.93. The molecule has 1 unspecified atom stereocenters. The highest BCUT2D eigenvalue weighted by Gasteiger charge is 2.22. The SMILES string of the molecule is CCC1=S(COCc2ccccc2)N(C)N=C1c1ccccc1. The van der Waals surface area contributed by atoms with Gasteiger partial charge in [0.1, 0.15) is 11.7 Å². The predicted octanol–water partition coefficient (Wildman–Crippen LogP) is 4.28. The maximum Gasteiger partial charge on any atom is 0.107 e. The van der Waals surface area contributed by atoms with E-state index in [1.807, 2.05) is 31.3 Å². The molecule has 0 fully saturated rings. The van der Waals surface area contributed by atoms with Crippen LogP contribution in [0, 0.1) is 0 Å². The number of rotatable bonds is 6. The van der Waals surface area contributed by atoms with E-state index in [2.05, 4.69) is 47.7 Å². The van der Waals surface area contributed by atoms with Gasteiger partial charge in [0, 0.05) is 17.5 Å². The fourth-order valence-corrected chi connectivity index (χ4v) is 4.38. The Morgan fingerprint density at radius 2 is 1.65 bits per heavy atom. The van der Waals surface area contributed by atoms with Gasteiger partial charge in [0.05, 0.1) is 6.61 Å². The van der Waals surface area contributed by atoms with Gasteiger partial charge < -0.3 is 4.74 Å². The molecule has 1 heterocycles. The molecule has 0 saturated carbocycles. The van der Waals surface area contributed by atoms with E-state index in [1.54, 1.807) is 0 Å². The van der Waals surface area contributed by atoms with Crippen LogP contribution in [0.5, 0.6) is 0 Å². The molecule has 3 nitrogen and oxygen atoms in total. The number of benzene rings is 2. The summed E-state index contributed by atoms with van der Waals surface area (Å²) in [5.74, 6) is 0.689. The van der Waals surface area contributed by atoms with Crippen LogP contribution in [0.4, 0.5) is 0 Å². The Balaban J connectivity index is 1.73. The molecule has 1 atom stereocenters. The summed E-state index contributed by atoms with van der Waals surface area (Å²) in [6.45, 7) is 2.85. The first kappa shape index (κ1) is 16.0. The zero-order valence-electron chi connectivity index (χ0n) is 13.6. The lowest BCUT2D eigenvalue weighted by Gasteiger charge is -2.15. The van der Waals surface area contributed by atoms with E-state index in [4.69, 9.17) is 9.84 Å². The number of hydrazone groups is 1. The number of nitrogens with zero attached hydrogens (tertiary/aromatic N) is 2. The quantitative estimate of drug-likeness (QED) is 0.740. The van der Waals surface area contributed by atoms with Gasteiger partial charge in [-0.2, -0.15) is 5.10 Å². The van der Waals surface area contributed by atoms with E-state index in [0.717, 1.165) is 12.1 Å². The molecule has 0 radical (unpaired) electrons. The Bertz CT molecular complexity index is 711. The van der Waals surface area contributed by atoms with Crippen molar-refractivity contribution in [3.8, 4) is 0 Å². The van der Waals surface area contributed by atoms with Gasteiger partial charge in [0.2, 0.25) is 0 Å². The molecule has 2 aromatic carbocycles. The van der Waals surface area contributed by atoms with Crippen LogP contribution in [0.2, 0.25) is 0 Å². The monoisotopic (exact) mass is 326 g/mol. The van der Waals surface area contributed by atoms with Gasteiger partial charge >= 0.3 is 0 Å².